The van der Waals surface area contributed by atoms with Crippen LogP contribution in [0.15, 0.2) is 24.3 Å². The lowest BCUT2D eigenvalue weighted by atomic mass is 10.1. The van der Waals surface area contributed by atoms with Gasteiger partial charge in [-0.3, -0.25) is 9.59 Å². The van der Waals surface area contributed by atoms with E-state index in [9.17, 15) is 27.9 Å². The van der Waals surface area contributed by atoms with Crippen LogP contribution in [0.2, 0.25) is 0 Å². The Labute approximate surface area is 138 Å². The molecule has 0 saturated heterocycles. The van der Waals surface area contributed by atoms with Crippen LogP contribution in [0, 0.1) is 0 Å². The van der Waals surface area contributed by atoms with Gasteiger partial charge in [0, 0.05) is 18.7 Å². The summed E-state index contributed by atoms with van der Waals surface area (Å²) in [5, 5.41) is 14.0. The molecule has 0 bridgehead atoms. The van der Waals surface area contributed by atoms with Crippen LogP contribution in [-0.2, 0) is 16.0 Å². The zero-order valence-electron chi connectivity index (χ0n) is 13.3. The molecule has 0 radical (unpaired) electrons. The molecule has 0 spiro atoms. The number of hydrogen-bond acceptors (Lipinski definition) is 3. The summed E-state index contributed by atoms with van der Waals surface area (Å²) >= 11 is 0. The summed E-state index contributed by atoms with van der Waals surface area (Å²) in [7, 11) is 0. The zero-order chi connectivity index (χ0) is 18.2. The summed E-state index contributed by atoms with van der Waals surface area (Å²) in [5.41, 5.74) is 0.480. The number of rotatable bonds is 7. The van der Waals surface area contributed by atoms with Crippen molar-refractivity contribution in [1.29, 1.82) is 0 Å². The maximum Gasteiger partial charge on any atom is 0.389 e. The van der Waals surface area contributed by atoms with Gasteiger partial charge in [-0.05, 0) is 30.9 Å². The topological polar surface area (TPSA) is 78.4 Å². The van der Waals surface area contributed by atoms with Gasteiger partial charge in [0.2, 0.25) is 0 Å². The van der Waals surface area contributed by atoms with Crippen LogP contribution < -0.4 is 10.6 Å². The molecule has 1 atom stereocenters. The molecule has 1 rings (SSSR count). The minimum absolute atomic E-state index is 0.136. The smallest absolute Gasteiger partial charge is 0.389 e. The van der Waals surface area contributed by atoms with Gasteiger partial charge in [-0.1, -0.05) is 25.1 Å². The largest absolute Gasteiger partial charge is 0.393 e. The molecule has 1 aromatic rings. The summed E-state index contributed by atoms with van der Waals surface area (Å²) in [6.45, 7) is 1.92. The fraction of sp³-hybridized carbons (Fsp3) is 0.500. The van der Waals surface area contributed by atoms with Crippen LogP contribution >= 0.6 is 0 Å². The van der Waals surface area contributed by atoms with Crippen molar-refractivity contribution < 1.29 is 27.9 Å². The van der Waals surface area contributed by atoms with Crippen LogP contribution in [0.5, 0.6) is 0 Å². The third-order valence-electron chi connectivity index (χ3n) is 3.38. The van der Waals surface area contributed by atoms with E-state index in [2.05, 4.69) is 10.6 Å². The number of aliphatic hydroxyl groups excluding tert-OH is 1. The van der Waals surface area contributed by atoms with Crippen molar-refractivity contribution in [3.8, 4) is 0 Å². The number of aliphatic hydroxyl groups is 1. The molecule has 1 unspecified atom stereocenters. The fourth-order valence-corrected chi connectivity index (χ4v) is 1.95. The van der Waals surface area contributed by atoms with Gasteiger partial charge in [-0.25, -0.2) is 0 Å². The molecule has 24 heavy (non-hydrogen) atoms. The summed E-state index contributed by atoms with van der Waals surface area (Å²) in [6, 6.07) is 6.03. The maximum atomic E-state index is 12.3. The summed E-state index contributed by atoms with van der Waals surface area (Å²) < 4.78 is 37.0. The number of anilines is 1. The molecule has 2 amide bonds. The molecule has 5 nitrogen and oxygen atoms in total. The predicted octanol–water partition coefficient (Wildman–Crippen LogP) is 2.40. The number of carbonyl (C=O) groups excluding carboxylic acids is 2. The number of aryl methyl sites for hydroxylation is 1. The Kier molecular flexibility index (Phi) is 7.70. The van der Waals surface area contributed by atoms with Crippen molar-refractivity contribution in [3.63, 3.8) is 0 Å². The van der Waals surface area contributed by atoms with Gasteiger partial charge >= 0.3 is 18.0 Å². The Balaban J connectivity index is 2.58. The highest BCUT2D eigenvalue weighted by Gasteiger charge is 2.27. The second kappa shape index (κ2) is 9.27. The molecule has 8 heteroatoms. The molecule has 0 saturated carbocycles. The minimum Gasteiger partial charge on any atom is -0.393 e. The molecule has 0 aliphatic heterocycles. The van der Waals surface area contributed by atoms with Crippen molar-refractivity contribution in [2.75, 3.05) is 11.9 Å². The first kappa shape index (κ1) is 20.0. The Hall–Kier alpha value is -2.09. The summed E-state index contributed by atoms with van der Waals surface area (Å²) in [5.74, 6) is -1.86. The molecule has 0 aliphatic rings. The molecular weight excluding hydrogens is 325 g/mol. The molecule has 0 aliphatic carbocycles. The van der Waals surface area contributed by atoms with Crippen LogP contribution in [0.25, 0.3) is 0 Å². The normalized spacial score (nSPS) is 12.5. The summed E-state index contributed by atoms with van der Waals surface area (Å²) in [4.78, 5) is 23.5. The third kappa shape index (κ3) is 7.45. The first-order chi connectivity index (χ1) is 11.2. The highest BCUT2D eigenvalue weighted by Crippen LogP contribution is 2.25. The van der Waals surface area contributed by atoms with Crippen molar-refractivity contribution >= 4 is 17.5 Å². The lowest BCUT2D eigenvalue weighted by molar-refractivity contribution is -0.136. The number of para-hydroxylation sites is 1. The monoisotopic (exact) mass is 346 g/mol. The second-order valence-electron chi connectivity index (χ2n) is 5.33. The fourth-order valence-electron chi connectivity index (χ4n) is 1.95. The number of amides is 2. The van der Waals surface area contributed by atoms with Gasteiger partial charge in [0.05, 0.1) is 6.10 Å². The average molecular weight is 346 g/mol. The van der Waals surface area contributed by atoms with Crippen LogP contribution in [0.3, 0.4) is 0 Å². The Morgan fingerprint density at radius 2 is 1.88 bits per heavy atom. The first-order valence-electron chi connectivity index (χ1n) is 7.65. The molecular formula is C16H21F3N2O3. The average Bonchev–Trinajstić information content (AvgIpc) is 2.52. The number of hydrogen-bond donors (Lipinski definition) is 3. The number of benzene rings is 1. The molecule has 0 fully saturated rings. The Bertz CT molecular complexity index is 562. The van der Waals surface area contributed by atoms with Gasteiger partial charge < -0.3 is 15.7 Å². The Morgan fingerprint density at radius 1 is 1.21 bits per heavy atom. The van der Waals surface area contributed by atoms with Crippen LogP contribution in [0.1, 0.15) is 31.7 Å². The van der Waals surface area contributed by atoms with Crippen molar-refractivity contribution in [1.82, 2.24) is 5.32 Å². The molecule has 0 heterocycles. The van der Waals surface area contributed by atoms with Crippen molar-refractivity contribution in [2.24, 2.45) is 0 Å². The molecule has 3 N–H and O–H groups in total. The van der Waals surface area contributed by atoms with E-state index in [1.54, 1.807) is 19.1 Å². The van der Waals surface area contributed by atoms with E-state index in [4.69, 9.17) is 0 Å². The lowest BCUT2D eigenvalue weighted by Crippen LogP contribution is -2.37. The minimum atomic E-state index is -4.30. The van der Waals surface area contributed by atoms with Crippen LogP contribution in [-0.4, -0.2) is 35.7 Å². The third-order valence-corrected chi connectivity index (χ3v) is 3.38. The molecule has 0 aromatic heterocycles. The van der Waals surface area contributed by atoms with Crippen molar-refractivity contribution in [3.05, 3.63) is 29.8 Å². The van der Waals surface area contributed by atoms with Gasteiger partial charge in [0.25, 0.3) is 0 Å². The van der Waals surface area contributed by atoms with E-state index < -0.39 is 30.5 Å². The maximum absolute atomic E-state index is 12.3. The Morgan fingerprint density at radius 3 is 2.50 bits per heavy atom. The first-order valence-corrected chi connectivity index (χ1v) is 7.65. The quantitative estimate of drug-likeness (QED) is 0.664. The highest BCUT2D eigenvalue weighted by molar-refractivity contribution is 6.39. The van der Waals surface area contributed by atoms with E-state index in [-0.39, 0.29) is 18.7 Å². The SMILES string of the molecule is CCC(O)CCNC(=O)C(=O)Nc1ccccc1CCC(F)(F)F. The lowest BCUT2D eigenvalue weighted by Gasteiger charge is -2.12. The van der Waals surface area contributed by atoms with E-state index >= 15 is 0 Å². The second-order valence-corrected chi connectivity index (χ2v) is 5.33. The molecule has 134 valence electrons. The summed E-state index contributed by atoms with van der Waals surface area (Å²) in [6.07, 6.45) is -5.30. The van der Waals surface area contributed by atoms with E-state index in [1.807, 2.05) is 0 Å². The number of carbonyl (C=O) groups is 2. The predicted molar refractivity (Wildman–Crippen MR) is 83.4 cm³/mol. The van der Waals surface area contributed by atoms with Gasteiger partial charge in [0.1, 0.15) is 0 Å². The van der Waals surface area contributed by atoms with Crippen molar-refractivity contribution in [2.45, 2.75) is 44.9 Å². The van der Waals surface area contributed by atoms with E-state index in [1.165, 1.54) is 12.1 Å². The van der Waals surface area contributed by atoms with Crippen LogP contribution in [0.4, 0.5) is 18.9 Å². The van der Waals surface area contributed by atoms with Gasteiger partial charge in [-0.2, -0.15) is 13.2 Å². The number of alkyl halides is 3. The molecule has 1 aromatic carbocycles. The number of halogens is 3. The number of nitrogens with one attached hydrogen (secondary N) is 2. The van der Waals surface area contributed by atoms with E-state index in [0.717, 1.165) is 0 Å². The standard InChI is InChI=1S/C16H21F3N2O3/c1-2-12(22)8-10-20-14(23)15(24)21-13-6-4-3-5-11(13)7-9-16(17,18)19/h3-6,12,22H,2,7-10H2,1H3,(H,20,23)(H,21,24). The zero-order valence-corrected chi connectivity index (χ0v) is 13.3. The van der Waals surface area contributed by atoms with E-state index in [0.29, 0.717) is 18.4 Å². The van der Waals surface area contributed by atoms with Gasteiger partial charge in [-0.15, -0.1) is 0 Å². The highest BCUT2D eigenvalue weighted by atomic mass is 19.4. The van der Waals surface area contributed by atoms with Gasteiger partial charge in [0.15, 0.2) is 0 Å².